The lowest BCUT2D eigenvalue weighted by Crippen LogP contribution is -2.51. The summed E-state index contributed by atoms with van der Waals surface area (Å²) in [5.74, 6) is -1.93. The Morgan fingerprint density at radius 3 is 1.83 bits per heavy atom. The number of hydrogen-bond donors (Lipinski definition) is 0. The number of carbonyl (C=O) groups is 3. The van der Waals surface area contributed by atoms with E-state index in [1.54, 1.807) is 0 Å². The van der Waals surface area contributed by atoms with Crippen molar-refractivity contribution < 1.29 is 38.1 Å². The summed E-state index contributed by atoms with van der Waals surface area (Å²) in [6.45, 7) is 3.17. The van der Waals surface area contributed by atoms with Gasteiger partial charge in [0.15, 0.2) is 18.3 Å². The van der Waals surface area contributed by atoms with Crippen molar-refractivity contribution in [1.29, 1.82) is 5.26 Å². The number of hydrogen-bond acceptors (Lipinski definition) is 9. The van der Waals surface area contributed by atoms with Crippen molar-refractivity contribution in [1.82, 2.24) is 0 Å². The zero-order valence-corrected chi connectivity index (χ0v) is 13.7. The quantitative estimate of drug-likeness (QED) is 0.423. The molecule has 9 heteroatoms. The van der Waals surface area contributed by atoms with Crippen molar-refractivity contribution >= 4 is 17.9 Å². The molecule has 0 aliphatic carbocycles. The third-order valence-corrected chi connectivity index (χ3v) is 2.71. The first-order chi connectivity index (χ1) is 10.8. The maximum Gasteiger partial charge on any atom is 0.303 e. The van der Waals surface area contributed by atoms with E-state index in [2.05, 4.69) is 0 Å². The highest BCUT2D eigenvalue weighted by atomic mass is 16.6. The van der Waals surface area contributed by atoms with Gasteiger partial charge in [-0.05, 0) is 0 Å². The van der Waals surface area contributed by atoms with Crippen LogP contribution in [0.1, 0.15) is 20.8 Å². The van der Waals surface area contributed by atoms with Crippen LogP contribution in [0, 0.1) is 11.3 Å². The topological polar surface area (TPSA) is 121 Å². The van der Waals surface area contributed by atoms with Crippen LogP contribution in [0.5, 0.6) is 0 Å². The molecule has 0 heterocycles. The predicted molar refractivity (Wildman–Crippen MR) is 74.9 cm³/mol. The molecule has 0 aromatic rings. The fourth-order valence-electron chi connectivity index (χ4n) is 1.86. The number of rotatable bonds is 9. The predicted octanol–water partition coefficient (Wildman–Crippen LogP) is -0.0335. The molecule has 0 fully saturated rings. The zero-order chi connectivity index (χ0) is 18.0. The van der Waals surface area contributed by atoms with Crippen LogP contribution in [0.3, 0.4) is 0 Å². The summed E-state index contributed by atoms with van der Waals surface area (Å²) in [6, 6.07) is 1.82. The lowest BCUT2D eigenvalue weighted by atomic mass is 10.0. The van der Waals surface area contributed by atoms with Crippen LogP contribution in [0.15, 0.2) is 0 Å². The van der Waals surface area contributed by atoms with Crippen LogP contribution in [0.25, 0.3) is 0 Å². The number of methoxy groups -OCH3 is 2. The highest BCUT2D eigenvalue weighted by Crippen LogP contribution is 2.18. The van der Waals surface area contributed by atoms with Gasteiger partial charge in [0.1, 0.15) is 12.7 Å². The third kappa shape index (κ3) is 7.58. The first-order valence-electron chi connectivity index (χ1n) is 6.69. The van der Waals surface area contributed by atoms with Crippen LogP contribution < -0.4 is 0 Å². The summed E-state index contributed by atoms with van der Waals surface area (Å²) in [4.78, 5) is 33.5. The Morgan fingerprint density at radius 1 is 0.913 bits per heavy atom. The Balaban J connectivity index is 5.48. The summed E-state index contributed by atoms with van der Waals surface area (Å²) in [6.07, 6.45) is -4.52. The van der Waals surface area contributed by atoms with Gasteiger partial charge in [0, 0.05) is 35.0 Å². The highest BCUT2D eigenvalue weighted by Gasteiger charge is 2.40. The molecule has 0 rings (SSSR count). The molecule has 0 aromatic carbocycles. The van der Waals surface area contributed by atoms with Crippen molar-refractivity contribution in [3.8, 4) is 6.07 Å². The average molecular weight is 331 g/mol. The number of nitrogens with zero attached hydrogens (tertiary/aromatic N) is 1. The van der Waals surface area contributed by atoms with E-state index in [9.17, 15) is 14.4 Å². The van der Waals surface area contributed by atoms with Crippen LogP contribution in [0.4, 0.5) is 0 Å². The Kier molecular flexibility index (Phi) is 9.53. The molecule has 4 atom stereocenters. The minimum atomic E-state index is -1.19. The van der Waals surface area contributed by atoms with Gasteiger partial charge in [-0.1, -0.05) is 0 Å². The van der Waals surface area contributed by atoms with Gasteiger partial charge in [-0.25, -0.2) is 0 Å². The van der Waals surface area contributed by atoms with E-state index in [1.165, 1.54) is 21.1 Å². The van der Waals surface area contributed by atoms with E-state index in [1.807, 2.05) is 6.07 Å². The summed E-state index contributed by atoms with van der Waals surface area (Å²) < 4.78 is 25.1. The first-order valence-corrected chi connectivity index (χ1v) is 6.69. The molecule has 23 heavy (non-hydrogen) atoms. The second-order valence-electron chi connectivity index (χ2n) is 4.51. The van der Waals surface area contributed by atoms with E-state index >= 15 is 0 Å². The third-order valence-electron chi connectivity index (χ3n) is 2.71. The van der Waals surface area contributed by atoms with Crippen LogP contribution in [0.2, 0.25) is 0 Å². The monoisotopic (exact) mass is 331 g/mol. The molecule has 4 unspecified atom stereocenters. The van der Waals surface area contributed by atoms with Gasteiger partial charge >= 0.3 is 17.9 Å². The zero-order valence-electron chi connectivity index (χ0n) is 13.7. The molecule has 0 aromatic heterocycles. The molecule has 130 valence electrons. The van der Waals surface area contributed by atoms with Crippen molar-refractivity contribution in [3.63, 3.8) is 0 Å². The molecule has 0 saturated heterocycles. The minimum Gasteiger partial charge on any atom is -0.462 e. The Bertz CT molecular complexity index is 458. The number of carbonyl (C=O) groups excluding carboxylic acids is 3. The molecular weight excluding hydrogens is 310 g/mol. The van der Waals surface area contributed by atoms with E-state index in [0.717, 1.165) is 13.8 Å². The average Bonchev–Trinajstić information content (AvgIpc) is 2.45. The van der Waals surface area contributed by atoms with Gasteiger partial charge in [0.05, 0.1) is 6.07 Å². The van der Waals surface area contributed by atoms with Crippen LogP contribution in [-0.2, 0) is 38.1 Å². The molecule has 0 spiro atoms. The molecular formula is C14H21NO8. The first kappa shape index (κ1) is 20.8. The largest absolute Gasteiger partial charge is 0.462 e. The Morgan fingerprint density at radius 2 is 1.48 bits per heavy atom. The minimum absolute atomic E-state index is 0.326. The summed E-state index contributed by atoms with van der Waals surface area (Å²) in [7, 11) is 2.53. The van der Waals surface area contributed by atoms with Gasteiger partial charge in [0.2, 0.25) is 0 Å². The maximum absolute atomic E-state index is 11.3. The lowest BCUT2D eigenvalue weighted by Gasteiger charge is -2.32. The molecule has 0 saturated carbocycles. The smallest absolute Gasteiger partial charge is 0.303 e. The van der Waals surface area contributed by atoms with Crippen molar-refractivity contribution in [2.24, 2.45) is 0 Å². The number of nitriles is 1. The summed E-state index contributed by atoms with van der Waals surface area (Å²) in [5, 5.41) is 9.12. The molecule has 0 amide bonds. The van der Waals surface area contributed by atoms with Gasteiger partial charge in [-0.2, -0.15) is 5.26 Å². The highest BCUT2D eigenvalue weighted by molar-refractivity contribution is 5.67. The van der Waals surface area contributed by atoms with Gasteiger partial charge in [-0.3, -0.25) is 14.4 Å². The number of ether oxygens (including phenoxy) is 5. The standard InChI is InChI=1S/C14H21NO8/c1-8(16)21-7-12(22-9(2)17)13(20-5)14(23-10(3)18)11(6-15)19-4/h11-14H,7H2,1-5H3. The second kappa shape index (κ2) is 10.5. The lowest BCUT2D eigenvalue weighted by molar-refractivity contribution is -0.188. The van der Waals surface area contributed by atoms with Gasteiger partial charge in [-0.15, -0.1) is 0 Å². The maximum atomic E-state index is 11.3. The molecule has 9 nitrogen and oxygen atoms in total. The van der Waals surface area contributed by atoms with E-state index in [0.29, 0.717) is 0 Å². The van der Waals surface area contributed by atoms with Crippen molar-refractivity contribution in [2.75, 3.05) is 20.8 Å². The van der Waals surface area contributed by atoms with Gasteiger partial charge < -0.3 is 23.7 Å². The van der Waals surface area contributed by atoms with E-state index < -0.39 is 42.3 Å². The summed E-state index contributed by atoms with van der Waals surface area (Å²) >= 11 is 0. The fourth-order valence-corrected chi connectivity index (χ4v) is 1.86. The van der Waals surface area contributed by atoms with Crippen molar-refractivity contribution in [2.45, 2.75) is 45.2 Å². The SMILES string of the molecule is COC(C#N)C(OC(C)=O)C(OC)C(COC(C)=O)OC(C)=O. The van der Waals surface area contributed by atoms with E-state index in [-0.39, 0.29) is 6.61 Å². The molecule has 0 radical (unpaired) electrons. The molecule has 0 aliphatic heterocycles. The van der Waals surface area contributed by atoms with Crippen molar-refractivity contribution in [3.05, 3.63) is 0 Å². The second-order valence-corrected chi connectivity index (χ2v) is 4.51. The molecule has 0 aliphatic rings. The number of esters is 3. The Labute approximate surface area is 134 Å². The summed E-state index contributed by atoms with van der Waals surface area (Å²) in [5.41, 5.74) is 0. The van der Waals surface area contributed by atoms with Crippen LogP contribution in [-0.4, -0.2) is 63.2 Å². The van der Waals surface area contributed by atoms with Gasteiger partial charge in [0.25, 0.3) is 0 Å². The normalized spacial score (nSPS) is 15.5. The fraction of sp³-hybridized carbons (Fsp3) is 0.714. The van der Waals surface area contributed by atoms with Crippen LogP contribution >= 0.6 is 0 Å². The Hall–Kier alpha value is -2.18. The van der Waals surface area contributed by atoms with E-state index in [4.69, 9.17) is 28.9 Å². The molecule has 0 bridgehead atoms. The molecule has 0 N–H and O–H groups in total.